The van der Waals surface area contributed by atoms with E-state index in [1.54, 1.807) is 13.0 Å². The molecule has 0 fully saturated rings. The fraction of sp³-hybridized carbons (Fsp3) is 0.409. The Morgan fingerprint density at radius 2 is 2.25 bits per heavy atom. The molecule has 2 aromatic rings. The smallest absolute Gasteiger partial charge is 0.275 e. The molecular formula is C22H26FN7OS. The Morgan fingerprint density at radius 3 is 2.94 bits per heavy atom. The Labute approximate surface area is 189 Å². The van der Waals surface area contributed by atoms with Crippen molar-refractivity contribution < 1.29 is 9.18 Å². The van der Waals surface area contributed by atoms with Crippen LogP contribution in [0.15, 0.2) is 33.8 Å². The first-order valence-corrected chi connectivity index (χ1v) is 11.7. The van der Waals surface area contributed by atoms with Crippen molar-refractivity contribution in [3.8, 4) is 6.07 Å². The van der Waals surface area contributed by atoms with Gasteiger partial charge in [-0.3, -0.25) is 14.1 Å². The third kappa shape index (κ3) is 4.99. The van der Waals surface area contributed by atoms with Crippen LogP contribution in [0.4, 0.5) is 10.2 Å². The molecule has 168 valence electrons. The normalized spacial score (nSPS) is 20.8. The van der Waals surface area contributed by atoms with Crippen molar-refractivity contribution in [3.05, 3.63) is 52.7 Å². The van der Waals surface area contributed by atoms with Gasteiger partial charge in [-0.2, -0.15) is 5.26 Å². The number of halogens is 1. The van der Waals surface area contributed by atoms with Crippen LogP contribution in [0.5, 0.6) is 0 Å². The molecule has 0 radical (unpaired) electrons. The van der Waals surface area contributed by atoms with E-state index in [2.05, 4.69) is 20.3 Å². The first-order chi connectivity index (χ1) is 15.3. The highest BCUT2D eigenvalue weighted by atomic mass is 32.2. The lowest BCUT2D eigenvalue weighted by atomic mass is 10.0. The van der Waals surface area contributed by atoms with Crippen LogP contribution in [0, 0.1) is 24.1 Å². The molecule has 1 aliphatic rings. The number of hydrogen-bond acceptors (Lipinski definition) is 6. The van der Waals surface area contributed by atoms with Crippen LogP contribution in [0.3, 0.4) is 0 Å². The number of nitriles is 1. The molecule has 8 nitrogen and oxygen atoms in total. The van der Waals surface area contributed by atoms with E-state index in [4.69, 9.17) is 15.4 Å². The summed E-state index contributed by atoms with van der Waals surface area (Å²) in [6.07, 6.45) is 3.07. The third-order valence-corrected chi connectivity index (χ3v) is 7.80. The van der Waals surface area contributed by atoms with Gasteiger partial charge in [0, 0.05) is 19.3 Å². The number of amidine groups is 1. The van der Waals surface area contributed by atoms with Gasteiger partial charge >= 0.3 is 0 Å². The van der Waals surface area contributed by atoms with E-state index in [1.165, 1.54) is 18.3 Å². The van der Waals surface area contributed by atoms with Crippen LogP contribution >= 0.6 is 0 Å². The number of anilines is 1. The van der Waals surface area contributed by atoms with Crippen molar-refractivity contribution in [2.75, 3.05) is 18.4 Å². The van der Waals surface area contributed by atoms with Crippen molar-refractivity contribution in [1.29, 1.82) is 5.26 Å². The lowest BCUT2D eigenvalue weighted by Gasteiger charge is -2.34. The van der Waals surface area contributed by atoms with Gasteiger partial charge < -0.3 is 11.1 Å². The van der Waals surface area contributed by atoms with E-state index >= 15 is 0 Å². The lowest BCUT2D eigenvalue weighted by Crippen LogP contribution is -2.47. The molecule has 3 rings (SSSR count). The molecule has 1 aliphatic heterocycles. The number of nitrogens with zero attached hydrogens (tertiary/aromatic N) is 5. The highest BCUT2D eigenvalue weighted by molar-refractivity contribution is 7.88. The number of aliphatic imine (C=N–C) groups is 1. The summed E-state index contributed by atoms with van der Waals surface area (Å²) in [5.74, 6) is 0.0944. The van der Waals surface area contributed by atoms with Crippen molar-refractivity contribution in [1.82, 2.24) is 9.97 Å². The predicted molar refractivity (Wildman–Crippen MR) is 124 cm³/mol. The fourth-order valence-corrected chi connectivity index (χ4v) is 5.67. The Hall–Kier alpha value is -3.19. The number of aromatic nitrogens is 2. The number of amides is 1. The van der Waals surface area contributed by atoms with Crippen molar-refractivity contribution in [3.63, 3.8) is 0 Å². The Bertz CT molecular complexity index is 1140. The van der Waals surface area contributed by atoms with Gasteiger partial charge in [-0.15, -0.1) is 0 Å². The quantitative estimate of drug-likeness (QED) is 0.510. The molecule has 0 bridgehead atoms. The summed E-state index contributed by atoms with van der Waals surface area (Å²) in [4.78, 5) is 25.4. The molecular weight excluding hydrogens is 429 g/mol. The summed E-state index contributed by atoms with van der Waals surface area (Å²) in [5.41, 5.74) is 7.60. The van der Waals surface area contributed by atoms with Gasteiger partial charge in [0.15, 0.2) is 0 Å². The highest BCUT2D eigenvalue weighted by Gasteiger charge is 2.36. The van der Waals surface area contributed by atoms with Crippen LogP contribution in [-0.2, 0) is 16.4 Å². The molecule has 0 saturated heterocycles. The molecule has 0 aromatic carbocycles. The summed E-state index contributed by atoms with van der Waals surface area (Å²) in [5, 5.41) is 11.6. The maximum atomic E-state index is 14.6. The van der Waals surface area contributed by atoms with E-state index < -0.39 is 27.2 Å². The van der Waals surface area contributed by atoms with Crippen LogP contribution in [-0.4, -0.2) is 39.5 Å². The second kappa shape index (κ2) is 9.96. The molecule has 0 aliphatic carbocycles. The second-order valence-corrected chi connectivity index (χ2v) is 9.81. The first-order valence-electron chi connectivity index (χ1n) is 10.3. The monoisotopic (exact) mass is 455 g/mol. The van der Waals surface area contributed by atoms with E-state index in [9.17, 15) is 9.18 Å². The van der Waals surface area contributed by atoms with Crippen LogP contribution in [0.25, 0.3) is 0 Å². The Kier molecular flexibility index (Phi) is 7.30. The number of hydrogen-bond donors (Lipinski definition) is 2. The largest absolute Gasteiger partial charge is 0.386 e. The number of nitrogens with two attached hydrogens (primary N) is 1. The Balaban J connectivity index is 1.85. The van der Waals surface area contributed by atoms with Gasteiger partial charge in [0.05, 0.1) is 21.8 Å². The maximum absolute atomic E-state index is 14.6. The molecule has 0 saturated carbocycles. The third-order valence-electron chi connectivity index (χ3n) is 5.31. The standard InChI is InChI=1S/C22H26FN7OS/c1-4-26-21(25)22(3)8-5-9-28-32(22)13-17-16(23)6-7-18(29-17)30-20(31)19-14(2)10-15(11-24)12-27-19/h6-7,10,12H,4-5,8-9,13H2,1-3H3,(H2,25,26)(H,29,30,31)/t22?,32-/m1/s1. The summed E-state index contributed by atoms with van der Waals surface area (Å²) in [7, 11) is -0.594. The van der Waals surface area contributed by atoms with E-state index in [1.807, 2.05) is 19.9 Å². The van der Waals surface area contributed by atoms with Crippen molar-refractivity contribution in [2.45, 2.75) is 44.1 Å². The van der Waals surface area contributed by atoms with E-state index in [-0.39, 0.29) is 23.0 Å². The SMILES string of the molecule is CCN=C(N)C1(C)CCCN=[S@@]1Cc1nc(NC(=O)c2ncc(C#N)cc2C)ccc1F. The molecule has 3 N–H and O–H groups in total. The molecule has 1 amide bonds. The number of carbonyl (C=O) groups excluding carboxylic acids is 1. The van der Waals surface area contributed by atoms with Gasteiger partial charge in [-0.05, 0) is 57.4 Å². The van der Waals surface area contributed by atoms with Crippen molar-refractivity contribution >= 4 is 28.3 Å². The average Bonchev–Trinajstić information content (AvgIpc) is 2.77. The summed E-state index contributed by atoms with van der Waals surface area (Å²) in [6, 6.07) is 6.26. The summed E-state index contributed by atoms with van der Waals surface area (Å²) in [6.45, 7) is 6.92. The number of nitrogens with one attached hydrogen (secondary N) is 1. The molecule has 2 atom stereocenters. The Morgan fingerprint density at radius 1 is 1.47 bits per heavy atom. The zero-order chi connectivity index (χ0) is 23.3. The zero-order valence-electron chi connectivity index (χ0n) is 18.4. The summed E-state index contributed by atoms with van der Waals surface area (Å²) >= 11 is 0. The van der Waals surface area contributed by atoms with Crippen LogP contribution in [0.1, 0.15) is 54.0 Å². The first kappa shape index (κ1) is 23.5. The van der Waals surface area contributed by atoms with Gasteiger partial charge in [0.2, 0.25) is 0 Å². The average molecular weight is 456 g/mol. The van der Waals surface area contributed by atoms with Gasteiger partial charge in [0.25, 0.3) is 5.91 Å². The highest BCUT2D eigenvalue weighted by Crippen LogP contribution is 2.30. The molecule has 2 aromatic heterocycles. The predicted octanol–water partition coefficient (Wildman–Crippen LogP) is 3.28. The minimum Gasteiger partial charge on any atom is -0.386 e. The van der Waals surface area contributed by atoms with Gasteiger partial charge in [-0.25, -0.2) is 14.4 Å². The van der Waals surface area contributed by atoms with Crippen LogP contribution in [0.2, 0.25) is 0 Å². The molecule has 10 heteroatoms. The van der Waals surface area contributed by atoms with E-state index in [0.29, 0.717) is 30.1 Å². The van der Waals surface area contributed by atoms with Gasteiger partial charge in [0.1, 0.15) is 29.2 Å². The maximum Gasteiger partial charge on any atom is 0.275 e. The number of rotatable bonds is 6. The molecule has 32 heavy (non-hydrogen) atoms. The zero-order valence-corrected chi connectivity index (χ0v) is 19.2. The molecule has 0 spiro atoms. The fourth-order valence-electron chi connectivity index (χ4n) is 3.48. The van der Waals surface area contributed by atoms with E-state index in [0.717, 1.165) is 12.8 Å². The number of aryl methyl sites for hydroxylation is 1. The van der Waals surface area contributed by atoms with Crippen LogP contribution < -0.4 is 11.1 Å². The minimum atomic E-state index is -0.594. The lowest BCUT2D eigenvalue weighted by molar-refractivity contribution is 0.102. The molecule has 1 unspecified atom stereocenters. The molecule has 3 heterocycles. The van der Waals surface area contributed by atoms with Crippen molar-refractivity contribution in [2.24, 2.45) is 15.1 Å². The second-order valence-electron chi connectivity index (χ2n) is 7.64. The number of carbonyl (C=O) groups is 1. The van der Waals surface area contributed by atoms with Gasteiger partial charge in [-0.1, -0.05) is 10.7 Å². The summed E-state index contributed by atoms with van der Waals surface area (Å²) < 4.78 is 18.9. The minimum absolute atomic E-state index is 0.178. The number of pyridine rings is 2. The topological polar surface area (TPSA) is 129 Å².